The number of unbranched alkanes of at least 4 members (excludes halogenated alkanes) is 5. The molecule has 88 valence electrons. The lowest BCUT2D eigenvalue weighted by atomic mass is 10.0. The molecule has 0 aliphatic heterocycles. The molecule has 0 unspecified atom stereocenters. The molecule has 0 aromatic rings. The molecule has 0 rings (SSSR count). The lowest BCUT2D eigenvalue weighted by molar-refractivity contribution is -0.113. The van der Waals surface area contributed by atoms with Gasteiger partial charge >= 0.3 is 0 Å². The Kier molecular flexibility index (Phi) is 9.55. The van der Waals surface area contributed by atoms with E-state index in [0.29, 0.717) is 0 Å². The highest BCUT2D eigenvalue weighted by molar-refractivity contribution is 5.93. The Bertz CT molecular complexity index is 192. The molecule has 1 nitrogen and oxygen atoms in total. The standard InChI is InChI=1S/C14H26O/c1-4-6-8-10-12-14(13(3)15)11-9-7-5-2/h11H,4-10,12H2,1-3H3/b14-11-. The topological polar surface area (TPSA) is 17.1 Å². The van der Waals surface area contributed by atoms with Crippen molar-refractivity contribution in [1.82, 2.24) is 0 Å². The Labute approximate surface area is 95.0 Å². The van der Waals surface area contributed by atoms with Crippen molar-refractivity contribution >= 4 is 5.78 Å². The lowest BCUT2D eigenvalue weighted by Gasteiger charge is -2.03. The van der Waals surface area contributed by atoms with Gasteiger partial charge in [0.1, 0.15) is 0 Å². The molecule has 0 heterocycles. The summed E-state index contributed by atoms with van der Waals surface area (Å²) < 4.78 is 0. The predicted molar refractivity (Wildman–Crippen MR) is 67.0 cm³/mol. The van der Waals surface area contributed by atoms with E-state index in [1.54, 1.807) is 6.92 Å². The predicted octanol–water partition coefficient (Wildman–Crippen LogP) is 4.66. The van der Waals surface area contributed by atoms with Gasteiger partial charge in [0.2, 0.25) is 0 Å². The van der Waals surface area contributed by atoms with Gasteiger partial charge in [-0.25, -0.2) is 0 Å². The molecule has 0 aromatic heterocycles. The molecule has 1 heteroatoms. The summed E-state index contributed by atoms with van der Waals surface area (Å²) in [6, 6.07) is 0. The zero-order chi connectivity index (χ0) is 11.5. The van der Waals surface area contributed by atoms with E-state index in [1.807, 2.05) is 0 Å². The Morgan fingerprint density at radius 3 is 2.20 bits per heavy atom. The third-order valence-electron chi connectivity index (χ3n) is 2.70. The number of carbonyl (C=O) groups excluding carboxylic acids is 1. The third-order valence-corrected chi connectivity index (χ3v) is 2.70. The van der Waals surface area contributed by atoms with Gasteiger partial charge in [0.25, 0.3) is 0 Å². The first-order chi connectivity index (χ1) is 7.22. The molecule has 0 fully saturated rings. The smallest absolute Gasteiger partial charge is 0.155 e. The second-order valence-corrected chi connectivity index (χ2v) is 4.24. The highest BCUT2D eigenvalue weighted by Crippen LogP contribution is 2.12. The largest absolute Gasteiger partial charge is 0.295 e. The molecule has 15 heavy (non-hydrogen) atoms. The molecule has 0 saturated carbocycles. The third kappa shape index (κ3) is 8.41. The maximum Gasteiger partial charge on any atom is 0.155 e. The monoisotopic (exact) mass is 210 g/mol. The quantitative estimate of drug-likeness (QED) is 0.399. The van der Waals surface area contributed by atoms with Crippen LogP contribution in [0.4, 0.5) is 0 Å². The van der Waals surface area contributed by atoms with Gasteiger partial charge in [0.15, 0.2) is 5.78 Å². The number of hydrogen-bond acceptors (Lipinski definition) is 1. The summed E-state index contributed by atoms with van der Waals surface area (Å²) in [5.74, 6) is 0.266. The molecule has 0 aliphatic rings. The highest BCUT2D eigenvalue weighted by Gasteiger charge is 2.02. The maximum atomic E-state index is 11.3. The van der Waals surface area contributed by atoms with Crippen molar-refractivity contribution in [2.24, 2.45) is 0 Å². The van der Waals surface area contributed by atoms with Crippen LogP contribution < -0.4 is 0 Å². The van der Waals surface area contributed by atoms with E-state index in [9.17, 15) is 4.79 Å². The summed E-state index contributed by atoms with van der Waals surface area (Å²) in [5, 5.41) is 0. The average molecular weight is 210 g/mol. The van der Waals surface area contributed by atoms with Gasteiger partial charge in [-0.15, -0.1) is 0 Å². The fourth-order valence-corrected chi connectivity index (χ4v) is 1.64. The van der Waals surface area contributed by atoms with E-state index < -0.39 is 0 Å². The molecule has 0 N–H and O–H groups in total. The van der Waals surface area contributed by atoms with Crippen LogP contribution >= 0.6 is 0 Å². The number of ketones is 1. The Hall–Kier alpha value is -0.590. The first kappa shape index (κ1) is 14.4. The van der Waals surface area contributed by atoms with Crippen LogP contribution in [0, 0.1) is 0 Å². The van der Waals surface area contributed by atoms with E-state index >= 15 is 0 Å². The van der Waals surface area contributed by atoms with Crippen molar-refractivity contribution in [2.45, 2.75) is 72.1 Å². The van der Waals surface area contributed by atoms with E-state index in [2.05, 4.69) is 19.9 Å². The zero-order valence-electron chi connectivity index (χ0n) is 10.6. The number of carbonyl (C=O) groups is 1. The molecule has 0 amide bonds. The molecule has 0 aliphatic carbocycles. The summed E-state index contributed by atoms with van der Waals surface area (Å²) >= 11 is 0. The van der Waals surface area contributed by atoms with Crippen molar-refractivity contribution in [3.8, 4) is 0 Å². The Morgan fingerprint density at radius 1 is 1.00 bits per heavy atom. The molecule has 0 radical (unpaired) electrons. The summed E-state index contributed by atoms with van der Waals surface area (Å²) in [4.78, 5) is 11.3. The van der Waals surface area contributed by atoms with Crippen LogP contribution in [0.15, 0.2) is 11.6 Å². The van der Waals surface area contributed by atoms with Crippen LogP contribution in [-0.2, 0) is 4.79 Å². The van der Waals surface area contributed by atoms with Gasteiger partial charge in [-0.3, -0.25) is 4.79 Å². The summed E-state index contributed by atoms with van der Waals surface area (Å²) in [7, 11) is 0. The molecule has 0 spiro atoms. The van der Waals surface area contributed by atoms with Crippen molar-refractivity contribution in [2.75, 3.05) is 0 Å². The van der Waals surface area contributed by atoms with Crippen molar-refractivity contribution in [3.63, 3.8) is 0 Å². The van der Waals surface area contributed by atoms with Crippen LogP contribution in [-0.4, -0.2) is 5.78 Å². The van der Waals surface area contributed by atoms with Crippen molar-refractivity contribution < 1.29 is 4.79 Å². The summed E-state index contributed by atoms with van der Waals surface area (Å²) in [6.45, 7) is 6.09. The summed E-state index contributed by atoms with van der Waals surface area (Å²) in [5.41, 5.74) is 1.06. The Morgan fingerprint density at radius 2 is 1.67 bits per heavy atom. The van der Waals surface area contributed by atoms with Gasteiger partial charge < -0.3 is 0 Å². The SMILES string of the molecule is CCCC/C=C(/CCCCCC)C(C)=O. The minimum atomic E-state index is 0.266. The molecule has 0 bridgehead atoms. The van der Waals surface area contributed by atoms with E-state index in [4.69, 9.17) is 0 Å². The molecule has 0 atom stereocenters. The van der Waals surface area contributed by atoms with Gasteiger partial charge in [0.05, 0.1) is 0 Å². The average Bonchev–Trinajstić information content (AvgIpc) is 2.21. The first-order valence-electron chi connectivity index (χ1n) is 6.42. The molecular formula is C14H26O. The lowest BCUT2D eigenvalue weighted by Crippen LogP contribution is -1.97. The van der Waals surface area contributed by atoms with Crippen LogP contribution in [0.5, 0.6) is 0 Å². The second-order valence-electron chi connectivity index (χ2n) is 4.24. The number of hydrogen-bond donors (Lipinski definition) is 0. The van der Waals surface area contributed by atoms with Crippen molar-refractivity contribution in [3.05, 3.63) is 11.6 Å². The fraction of sp³-hybridized carbons (Fsp3) is 0.786. The Balaban J connectivity index is 3.83. The van der Waals surface area contributed by atoms with Gasteiger partial charge in [-0.05, 0) is 31.8 Å². The number of rotatable bonds is 9. The van der Waals surface area contributed by atoms with Crippen LogP contribution in [0.25, 0.3) is 0 Å². The molecule has 0 saturated heterocycles. The minimum Gasteiger partial charge on any atom is -0.295 e. The highest BCUT2D eigenvalue weighted by atomic mass is 16.1. The van der Waals surface area contributed by atoms with Crippen LogP contribution in [0.1, 0.15) is 72.1 Å². The zero-order valence-corrected chi connectivity index (χ0v) is 10.6. The fourth-order valence-electron chi connectivity index (χ4n) is 1.64. The van der Waals surface area contributed by atoms with E-state index in [0.717, 1.165) is 18.4 Å². The van der Waals surface area contributed by atoms with E-state index in [-0.39, 0.29) is 5.78 Å². The molecular weight excluding hydrogens is 184 g/mol. The van der Waals surface area contributed by atoms with Crippen LogP contribution in [0.3, 0.4) is 0 Å². The second kappa shape index (κ2) is 9.95. The number of Topliss-reactive ketones (excluding diaryl/α,β-unsaturated/α-hetero) is 1. The van der Waals surface area contributed by atoms with E-state index in [1.165, 1.54) is 38.5 Å². The first-order valence-corrected chi connectivity index (χ1v) is 6.42. The maximum absolute atomic E-state index is 11.3. The van der Waals surface area contributed by atoms with Crippen LogP contribution in [0.2, 0.25) is 0 Å². The van der Waals surface area contributed by atoms with Gasteiger partial charge in [-0.2, -0.15) is 0 Å². The molecule has 0 aromatic carbocycles. The minimum absolute atomic E-state index is 0.266. The summed E-state index contributed by atoms with van der Waals surface area (Å²) in [6.07, 6.45) is 11.6. The normalized spacial score (nSPS) is 11.8. The van der Waals surface area contributed by atoms with Crippen molar-refractivity contribution in [1.29, 1.82) is 0 Å². The van der Waals surface area contributed by atoms with Gasteiger partial charge in [0, 0.05) is 0 Å². The van der Waals surface area contributed by atoms with Gasteiger partial charge in [-0.1, -0.05) is 52.0 Å². The number of allylic oxidation sites excluding steroid dienone is 2.